The number of aromatic amines is 1. The first-order valence-electron chi connectivity index (χ1n) is 10.3. The molecule has 4 rings (SSSR count). The summed E-state index contributed by atoms with van der Waals surface area (Å²) < 4.78 is 19.0. The molecule has 0 unspecified atom stereocenters. The maximum absolute atomic E-state index is 13.9. The topological polar surface area (TPSA) is 61.5 Å². The summed E-state index contributed by atoms with van der Waals surface area (Å²) in [4.78, 5) is 25.0. The standard InChI is InChI=1S/C22H29FN4O2/c1-4-20-24-14(2)19(25-20)12-26-9-16-10-27(21(28)13-29-3)22(18(16)11-26)15-6-5-7-17(23)8-15/h5-8,16,18,22H,4,9-13H2,1-3H3,(H,24,25)/t16-,18-,22+/m1/s1. The van der Waals surface area contributed by atoms with Crippen LogP contribution in [0.5, 0.6) is 0 Å². The number of amides is 1. The molecule has 1 amide bonds. The molecule has 7 heteroatoms. The lowest BCUT2D eigenvalue weighted by atomic mass is 9.89. The molecule has 3 heterocycles. The number of methoxy groups -OCH3 is 1. The van der Waals surface area contributed by atoms with Crippen LogP contribution in [0.4, 0.5) is 4.39 Å². The molecule has 2 aliphatic heterocycles. The number of H-pyrrole nitrogens is 1. The molecule has 2 fully saturated rings. The first kappa shape index (κ1) is 20.0. The molecule has 0 spiro atoms. The van der Waals surface area contributed by atoms with Crippen LogP contribution in [0.2, 0.25) is 0 Å². The normalized spacial score (nSPS) is 24.3. The molecular weight excluding hydrogens is 371 g/mol. The summed E-state index contributed by atoms with van der Waals surface area (Å²) in [6.45, 7) is 7.50. The van der Waals surface area contributed by atoms with E-state index in [1.54, 1.807) is 12.1 Å². The zero-order valence-corrected chi connectivity index (χ0v) is 17.3. The van der Waals surface area contributed by atoms with Gasteiger partial charge in [0, 0.05) is 51.3 Å². The van der Waals surface area contributed by atoms with Crippen molar-refractivity contribution in [2.45, 2.75) is 32.9 Å². The Bertz CT molecular complexity index is 883. The van der Waals surface area contributed by atoms with Gasteiger partial charge in [-0.2, -0.15) is 0 Å². The fraction of sp³-hybridized carbons (Fsp3) is 0.545. The first-order chi connectivity index (χ1) is 14.0. The summed E-state index contributed by atoms with van der Waals surface area (Å²) in [6, 6.07) is 6.55. The van der Waals surface area contributed by atoms with Crippen molar-refractivity contribution in [2.75, 3.05) is 33.4 Å². The van der Waals surface area contributed by atoms with Crippen molar-refractivity contribution < 1.29 is 13.9 Å². The average Bonchev–Trinajstić information content (AvgIpc) is 3.34. The van der Waals surface area contributed by atoms with E-state index in [2.05, 4.69) is 23.7 Å². The summed E-state index contributed by atoms with van der Waals surface area (Å²) >= 11 is 0. The Labute approximate surface area is 171 Å². The van der Waals surface area contributed by atoms with E-state index in [0.717, 1.165) is 48.8 Å². The predicted molar refractivity (Wildman–Crippen MR) is 108 cm³/mol. The highest BCUT2D eigenvalue weighted by atomic mass is 19.1. The Morgan fingerprint density at radius 3 is 2.86 bits per heavy atom. The highest BCUT2D eigenvalue weighted by Crippen LogP contribution is 2.45. The van der Waals surface area contributed by atoms with Gasteiger partial charge in [-0.3, -0.25) is 9.69 Å². The van der Waals surface area contributed by atoms with Crippen LogP contribution in [0.15, 0.2) is 24.3 Å². The maximum atomic E-state index is 13.9. The number of nitrogens with one attached hydrogen (secondary N) is 1. The third-order valence-electron chi connectivity index (χ3n) is 6.26. The Hall–Kier alpha value is -2.25. The molecule has 1 aromatic heterocycles. The number of imidazole rings is 1. The Morgan fingerprint density at radius 2 is 2.17 bits per heavy atom. The summed E-state index contributed by atoms with van der Waals surface area (Å²) in [5, 5.41) is 0. The number of hydrogen-bond acceptors (Lipinski definition) is 4. The van der Waals surface area contributed by atoms with Gasteiger partial charge >= 0.3 is 0 Å². The van der Waals surface area contributed by atoms with E-state index in [-0.39, 0.29) is 30.3 Å². The molecule has 2 saturated heterocycles. The van der Waals surface area contributed by atoms with Gasteiger partial charge in [-0.25, -0.2) is 9.37 Å². The van der Waals surface area contributed by atoms with Crippen molar-refractivity contribution in [1.29, 1.82) is 0 Å². The van der Waals surface area contributed by atoms with E-state index >= 15 is 0 Å². The molecule has 2 aromatic rings. The molecule has 1 N–H and O–H groups in total. The highest BCUT2D eigenvalue weighted by molar-refractivity contribution is 5.78. The second kappa shape index (κ2) is 8.24. The number of hydrogen-bond donors (Lipinski definition) is 1. The third kappa shape index (κ3) is 3.94. The van der Waals surface area contributed by atoms with E-state index in [9.17, 15) is 9.18 Å². The van der Waals surface area contributed by atoms with Gasteiger partial charge in [0.25, 0.3) is 0 Å². The monoisotopic (exact) mass is 400 g/mol. The number of aromatic nitrogens is 2. The second-order valence-corrected chi connectivity index (χ2v) is 8.21. The minimum atomic E-state index is -0.265. The fourth-order valence-electron chi connectivity index (χ4n) is 4.94. The molecule has 0 aliphatic carbocycles. The van der Waals surface area contributed by atoms with E-state index in [1.165, 1.54) is 13.2 Å². The zero-order chi connectivity index (χ0) is 20.5. The molecule has 0 radical (unpaired) electrons. The molecule has 2 aliphatic rings. The van der Waals surface area contributed by atoms with Crippen LogP contribution in [-0.2, 0) is 22.5 Å². The molecule has 0 bridgehead atoms. The van der Waals surface area contributed by atoms with Crippen LogP contribution in [0, 0.1) is 24.6 Å². The number of halogens is 1. The number of fused-ring (bicyclic) bond motifs is 1. The van der Waals surface area contributed by atoms with Gasteiger partial charge in [0.15, 0.2) is 0 Å². The highest BCUT2D eigenvalue weighted by Gasteiger charge is 2.49. The summed E-state index contributed by atoms with van der Waals surface area (Å²) in [5.74, 6) is 1.37. The van der Waals surface area contributed by atoms with E-state index in [4.69, 9.17) is 9.72 Å². The lowest BCUT2D eigenvalue weighted by molar-refractivity contribution is -0.136. The minimum absolute atomic E-state index is 0.0292. The number of likely N-dealkylation sites (tertiary alicyclic amines) is 2. The Balaban J connectivity index is 1.55. The van der Waals surface area contributed by atoms with Crippen molar-refractivity contribution in [2.24, 2.45) is 11.8 Å². The van der Waals surface area contributed by atoms with Gasteiger partial charge in [-0.15, -0.1) is 0 Å². The Kier molecular flexibility index (Phi) is 5.69. The number of aryl methyl sites for hydroxylation is 2. The number of benzene rings is 1. The van der Waals surface area contributed by atoms with Crippen molar-refractivity contribution >= 4 is 5.91 Å². The van der Waals surface area contributed by atoms with Crippen LogP contribution in [0.25, 0.3) is 0 Å². The van der Waals surface area contributed by atoms with Crippen LogP contribution in [-0.4, -0.2) is 59.0 Å². The van der Waals surface area contributed by atoms with Crippen LogP contribution in [0.1, 0.15) is 35.7 Å². The van der Waals surface area contributed by atoms with E-state index in [1.807, 2.05) is 11.0 Å². The van der Waals surface area contributed by atoms with E-state index in [0.29, 0.717) is 12.5 Å². The molecule has 3 atom stereocenters. The largest absolute Gasteiger partial charge is 0.375 e. The smallest absolute Gasteiger partial charge is 0.249 e. The van der Waals surface area contributed by atoms with Crippen LogP contribution < -0.4 is 0 Å². The van der Waals surface area contributed by atoms with Gasteiger partial charge < -0.3 is 14.6 Å². The van der Waals surface area contributed by atoms with Crippen molar-refractivity contribution in [3.63, 3.8) is 0 Å². The lowest BCUT2D eigenvalue weighted by Gasteiger charge is -2.30. The first-order valence-corrected chi connectivity index (χ1v) is 10.3. The molecule has 6 nitrogen and oxygen atoms in total. The maximum Gasteiger partial charge on any atom is 0.249 e. The molecule has 156 valence electrons. The summed E-state index contributed by atoms with van der Waals surface area (Å²) in [7, 11) is 1.53. The number of ether oxygens (including phenoxy) is 1. The Morgan fingerprint density at radius 1 is 1.34 bits per heavy atom. The number of carbonyl (C=O) groups is 1. The average molecular weight is 400 g/mol. The van der Waals surface area contributed by atoms with Gasteiger partial charge in [-0.05, 0) is 30.5 Å². The van der Waals surface area contributed by atoms with Gasteiger partial charge in [0.1, 0.15) is 18.2 Å². The molecule has 0 saturated carbocycles. The van der Waals surface area contributed by atoms with Gasteiger partial charge in [0.05, 0.1) is 11.7 Å². The molecule has 1 aromatic carbocycles. The molecular formula is C22H29FN4O2. The third-order valence-corrected chi connectivity index (χ3v) is 6.26. The zero-order valence-electron chi connectivity index (χ0n) is 17.3. The predicted octanol–water partition coefficient (Wildman–Crippen LogP) is 2.70. The summed E-state index contributed by atoms with van der Waals surface area (Å²) in [6.07, 6.45) is 0.893. The summed E-state index contributed by atoms with van der Waals surface area (Å²) in [5.41, 5.74) is 3.09. The number of carbonyl (C=O) groups excluding carboxylic acids is 1. The fourth-order valence-corrected chi connectivity index (χ4v) is 4.94. The van der Waals surface area contributed by atoms with Gasteiger partial charge in [0.2, 0.25) is 5.91 Å². The second-order valence-electron chi connectivity index (χ2n) is 8.21. The van der Waals surface area contributed by atoms with Crippen LogP contribution in [0.3, 0.4) is 0 Å². The number of rotatable bonds is 6. The quantitative estimate of drug-likeness (QED) is 0.810. The SMILES string of the molecule is CCc1nc(CN2C[C@@H]3CN(C(=O)COC)[C@@H](c4cccc(F)c4)[C@@H]3C2)c(C)[nH]1. The molecule has 29 heavy (non-hydrogen) atoms. The van der Waals surface area contributed by atoms with Crippen molar-refractivity contribution in [1.82, 2.24) is 19.8 Å². The van der Waals surface area contributed by atoms with Crippen LogP contribution >= 0.6 is 0 Å². The van der Waals surface area contributed by atoms with Crippen molar-refractivity contribution in [3.05, 3.63) is 52.9 Å². The van der Waals surface area contributed by atoms with Gasteiger partial charge in [-0.1, -0.05) is 19.1 Å². The van der Waals surface area contributed by atoms with E-state index < -0.39 is 0 Å². The number of nitrogens with zero attached hydrogens (tertiary/aromatic N) is 3. The van der Waals surface area contributed by atoms with Crippen molar-refractivity contribution in [3.8, 4) is 0 Å². The lowest BCUT2D eigenvalue weighted by Crippen LogP contribution is -2.37. The minimum Gasteiger partial charge on any atom is -0.375 e.